The molecule has 0 unspecified atom stereocenters. The Morgan fingerprint density at radius 2 is 2.23 bits per heavy atom. The Bertz CT molecular complexity index is 276. The highest BCUT2D eigenvalue weighted by Crippen LogP contribution is 2.24. The minimum absolute atomic E-state index is 0.261. The van der Waals surface area contributed by atoms with Crippen molar-refractivity contribution >= 4 is 27.7 Å². The first-order valence-corrected chi connectivity index (χ1v) is 6.23. The molecule has 0 amide bonds. The number of aliphatic hydroxyl groups is 1. The number of halogens is 1. The Hall–Kier alpha value is 0.01000. The zero-order valence-corrected chi connectivity index (χ0v) is 9.99. The molecule has 0 aliphatic rings. The standard InChI is InChI=1S/C10H13BrOS/c1-13-9-5-4-8(3-2-6-12)10(11)7-9/h4-5,7,12H,2-3,6H2,1H3. The van der Waals surface area contributed by atoms with Gasteiger partial charge in [-0.25, -0.2) is 0 Å². The van der Waals surface area contributed by atoms with Crippen LogP contribution in [-0.4, -0.2) is 18.0 Å². The first kappa shape index (κ1) is 11.1. The Morgan fingerprint density at radius 3 is 2.77 bits per heavy atom. The van der Waals surface area contributed by atoms with Gasteiger partial charge in [-0.2, -0.15) is 0 Å². The summed E-state index contributed by atoms with van der Waals surface area (Å²) in [5.74, 6) is 0. The van der Waals surface area contributed by atoms with Gasteiger partial charge in [0.05, 0.1) is 0 Å². The predicted octanol–water partition coefficient (Wildman–Crippen LogP) is 3.10. The number of aliphatic hydroxyl groups excluding tert-OH is 1. The lowest BCUT2D eigenvalue weighted by atomic mass is 10.1. The highest BCUT2D eigenvalue weighted by Gasteiger charge is 2.00. The zero-order chi connectivity index (χ0) is 9.68. The van der Waals surface area contributed by atoms with Crippen molar-refractivity contribution in [3.05, 3.63) is 28.2 Å². The van der Waals surface area contributed by atoms with Crippen molar-refractivity contribution in [3.63, 3.8) is 0 Å². The van der Waals surface area contributed by atoms with Crippen molar-refractivity contribution in [3.8, 4) is 0 Å². The van der Waals surface area contributed by atoms with Crippen LogP contribution in [0.4, 0.5) is 0 Å². The van der Waals surface area contributed by atoms with Crippen LogP contribution in [0, 0.1) is 0 Å². The lowest BCUT2D eigenvalue weighted by Crippen LogP contribution is -1.90. The lowest BCUT2D eigenvalue weighted by molar-refractivity contribution is 0.288. The molecule has 1 N–H and O–H groups in total. The van der Waals surface area contributed by atoms with Gasteiger partial charge >= 0.3 is 0 Å². The van der Waals surface area contributed by atoms with Gasteiger partial charge in [-0.1, -0.05) is 22.0 Å². The van der Waals surface area contributed by atoms with E-state index in [4.69, 9.17) is 5.11 Å². The summed E-state index contributed by atoms with van der Waals surface area (Å²) in [6.45, 7) is 0.261. The molecule has 0 aliphatic carbocycles. The third-order valence-corrected chi connectivity index (χ3v) is 3.33. The van der Waals surface area contributed by atoms with Crippen LogP contribution in [0.1, 0.15) is 12.0 Å². The Morgan fingerprint density at radius 1 is 1.46 bits per heavy atom. The van der Waals surface area contributed by atoms with Crippen molar-refractivity contribution in [2.45, 2.75) is 17.7 Å². The Balaban J connectivity index is 2.73. The van der Waals surface area contributed by atoms with E-state index in [1.807, 2.05) is 0 Å². The average Bonchev–Trinajstić information content (AvgIpc) is 2.16. The van der Waals surface area contributed by atoms with Gasteiger partial charge in [0.25, 0.3) is 0 Å². The van der Waals surface area contributed by atoms with Crippen molar-refractivity contribution in [1.29, 1.82) is 0 Å². The van der Waals surface area contributed by atoms with Crippen LogP contribution in [0.3, 0.4) is 0 Å². The van der Waals surface area contributed by atoms with E-state index in [1.165, 1.54) is 10.5 Å². The van der Waals surface area contributed by atoms with Crippen LogP contribution in [0.15, 0.2) is 27.6 Å². The molecule has 0 saturated carbocycles. The number of hydrogen-bond acceptors (Lipinski definition) is 2. The van der Waals surface area contributed by atoms with Gasteiger partial charge in [0.2, 0.25) is 0 Å². The van der Waals surface area contributed by atoms with Gasteiger partial charge in [-0.05, 0) is 36.8 Å². The number of rotatable bonds is 4. The second-order valence-electron chi connectivity index (χ2n) is 2.78. The largest absolute Gasteiger partial charge is 0.396 e. The second-order valence-corrected chi connectivity index (χ2v) is 4.52. The van der Waals surface area contributed by atoms with Gasteiger partial charge < -0.3 is 5.11 Å². The summed E-state index contributed by atoms with van der Waals surface area (Å²) in [5.41, 5.74) is 1.27. The first-order chi connectivity index (χ1) is 6.27. The maximum absolute atomic E-state index is 8.70. The summed E-state index contributed by atoms with van der Waals surface area (Å²) >= 11 is 5.26. The van der Waals surface area contributed by atoms with E-state index < -0.39 is 0 Å². The number of hydrogen-bond donors (Lipinski definition) is 1. The van der Waals surface area contributed by atoms with Gasteiger partial charge in [-0.3, -0.25) is 0 Å². The fourth-order valence-corrected chi connectivity index (χ4v) is 2.30. The maximum atomic E-state index is 8.70. The molecule has 1 nitrogen and oxygen atoms in total. The summed E-state index contributed by atoms with van der Waals surface area (Å²) in [4.78, 5) is 1.26. The summed E-state index contributed by atoms with van der Waals surface area (Å²) in [6, 6.07) is 6.35. The molecule has 0 atom stereocenters. The summed E-state index contributed by atoms with van der Waals surface area (Å²) < 4.78 is 1.15. The average molecular weight is 261 g/mol. The molecule has 0 radical (unpaired) electrons. The topological polar surface area (TPSA) is 20.2 Å². The Kier molecular flexibility index (Phi) is 4.84. The predicted molar refractivity (Wildman–Crippen MR) is 61.3 cm³/mol. The van der Waals surface area contributed by atoms with Gasteiger partial charge in [0.1, 0.15) is 0 Å². The molecular weight excluding hydrogens is 248 g/mol. The maximum Gasteiger partial charge on any atom is 0.0434 e. The van der Waals surface area contributed by atoms with Crippen LogP contribution in [0.25, 0.3) is 0 Å². The van der Waals surface area contributed by atoms with Crippen LogP contribution >= 0.6 is 27.7 Å². The Labute approximate surface area is 91.7 Å². The quantitative estimate of drug-likeness (QED) is 0.840. The van der Waals surface area contributed by atoms with E-state index in [-0.39, 0.29) is 6.61 Å². The smallest absolute Gasteiger partial charge is 0.0434 e. The summed E-state index contributed by atoms with van der Waals surface area (Å²) in [5, 5.41) is 8.70. The molecule has 3 heteroatoms. The molecular formula is C10H13BrOS. The number of aryl methyl sites for hydroxylation is 1. The van der Waals surface area contributed by atoms with Gasteiger partial charge in [0, 0.05) is 16.0 Å². The molecule has 13 heavy (non-hydrogen) atoms. The van der Waals surface area contributed by atoms with E-state index in [0.717, 1.165) is 17.3 Å². The normalized spacial score (nSPS) is 10.4. The van der Waals surface area contributed by atoms with Crippen molar-refractivity contribution in [1.82, 2.24) is 0 Å². The van der Waals surface area contributed by atoms with E-state index in [2.05, 4.69) is 40.4 Å². The highest BCUT2D eigenvalue weighted by atomic mass is 79.9. The van der Waals surface area contributed by atoms with E-state index in [1.54, 1.807) is 11.8 Å². The molecule has 0 spiro atoms. The monoisotopic (exact) mass is 260 g/mol. The third kappa shape index (κ3) is 3.33. The van der Waals surface area contributed by atoms with E-state index in [0.29, 0.717) is 0 Å². The van der Waals surface area contributed by atoms with Crippen molar-refractivity contribution in [2.75, 3.05) is 12.9 Å². The SMILES string of the molecule is CSc1ccc(CCCO)c(Br)c1. The van der Waals surface area contributed by atoms with Crippen LogP contribution in [-0.2, 0) is 6.42 Å². The van der Waals surface area contributed by atoms with Crippen LogP contribution in [0.2, 0.25) is 0 Å². The van der Waals surface area contributed by atoms with Crippen LogP contribution in [0.5, 0.6) is 0 Å². The third-order valence-electron chi connectivity index (χ3n) is 1.86. The zero-order valence-electron chi connectivity index (χ0n) is 7.59. The minimum atomic E-state index is 0.261. The number of thioether (sulfide) groups is 1. The minimum Gasteiger partial charge on any atom is -0.396 e. The highest BCUT2D eigenvalue weighted by molar-refractivity contribution is 9.10. The molecule has 0 aliphatic heterocycles. The molecule has 0 fully saturated rings. The summed E-state index contributed by atoms with van der Waals surface area (Å²) in [6.07, 6.45) is 3.83. The first-order valence-electron chi connectivity index (χ1n) is 4.21. The van der Waals surface area contributed by atoms with Gasteiger partial charge in [0.15, 0.2) is 0 Å². The molecule has 0 aromatic heterocycles. The van der Waals surface area contributed by atoms with E-state index >= 15 is 0 Å². The lowest BCUT2D eigenvalue weighted by Gasteiger charge is -2.04. The van der Waals surface area contributed by atoms with E-state index in [9.17, 15) is 0 Å². The molecule has 1 aromatic rings. The molecule has 0 heterocycles. The molecule has 0 bridgehead atoms. The second kappa shape index (κ2) is 5.68. The molecule has 0 saturated heterocycles. The molecule has 72 valence electrons. The van der Waals surface area contributed by atoms with Crippen molar-refractivity contribution < 1.29 is 5.11 Å². The fraction of sp³-hybridized carbons (Fsp3) is 0.400. The summed E-state index contributed by atoms with van der Waals surface area (Å²) in [7, 11) is 0. The number of benzene rings is 1. The van der Waals surface area contributed by atoms with Gasteiger partial charge in [-0.15, -0.1) is 11.8 Å². The van der Waals surface area contributed by atoms with Crippen LogP contribution < -0.4 is 0 Å². The fourth-order valence-electron chi connectivity index (χ4n) is 1.13. The molecule has 1 aromatic carbocycles. The molecule has 1 rings (SSSR count). The van der Waals surface area contributed by atoms with Crippen molar-refractivity contribution in [2.24, 2.45) is 0 Å².